The van der Waals surface area contributed by atoms with Gasteiger partial charge >= 0.3 is 0 Å². The fraction of sp³-hybridized carbons (Fsp3) is 0.462. The predicted octanol–water partition coefficient (Wildman–Crippen LogP) is 4.14. The molecule has 2 aliphatic rings. The summed E-state index contributed by atoms with van der Waals surface area (Å²) >= 11 is 0. The van der Waals surface area contributed by atoms with E-state index >= 15 is 0 Å². The fourth-order valence-corrected chi connectivity index (χ4v) is 4.58. The lowest BCUT2D eigenvalue weighted by Gasteiger charge is -2.37. The van der Waals surface area contributed by atoms with Gasteiger partial charge in [0.2, 0.25) is 5.91 Å². The Hall–Kier alpha value is -2.86. The van der Waals surface area contributed by atoms with E-state index in [1.165, 1.54) is 18.4 Å². The van der Waals surface area contributed by atoms with E-state index < -0.39 is 0 Å². The third kappa shape index (κ3) is 5.68. The first kappa shape index (κ1) is 22.3. The number of rotatable bonds is 8. The lowest BCUT2D eigenvalue weighted by Crippen LogP contribution is -2.49. The first-order valence-corrected chi connectivity index (χ1v) is 11.7. The quantitative estimate of drug-likeness (QED) is 0.585. The van der Waals surface area contributed by atoms with Crippen molar-refractivity contribution in [3.8, 4) is 5.75 Å². The van der Waals surface area contributed by atoms with Crippen LogP contribution in [0.3, 0.4) is 0 Å². The summed E-state index contributed by atoms with van der Waals surface area (Å²) in [5, 5.41) is 0. The van der Waals surface area contributed by atoms with Gasteiger partial charge in [-0.25, -0.2) is 4.98 Å². The average Bonchev–Trinajstić information content (AvgIpc) is 2.86. The summed E-state index contributed by atoms with van der Waals surface area (Å²) in [4.78, 5) is 24.4. The van der Waals surface area contributed by atoms with E-state index in [0.717, 1.165) is 62.8 Å². The van der Waals surface area contributed by atoms with Crippen LogP contribution in [0.1, 0.15) is 32.1 Å². The summed E-state index contributed by atoms with van der Waals surface area (Å²) in [5.41, 5.74) is 2.44. The maximum Gasteiger partial charge on any atom is 0.232 e. The van der Waals surface area contributed by atoms with E-state index in [4.69, 9.17) is 4.74 Å². The number of benzene rings is 1. The number of hydrogen-bond acceptors (Lipinski definition) is 5. The normalized spacial score (nSPS) is 17.0. The fourth-order valence-electron chi connectivity index (χ4n) is 4.58. The molecule has 0 radical (unpaired) electrons. The van der Waals surface area contributed by atoms with Crippen LogP contribution in [-0.2, 0) is 4.79 Å². The summed E-state index contributed by atoms with van der Waals surface area (Å²) < 4.78 is 5.53. The molecular formula is C26H34N4O2. The molecule has 0 atom stereocenters. The number of methoxy groups -OCH3 is 1. The number of aromatic nitrogens is 1. The molecule has 0 unspecified atom stereocenters. The van der Waals surface area contributed by atoms with Gasteiger partial charge in [-0.1, -0.05) is 29.8 Å². The molecule has 0 N–H and O–H groups in total. The van der Waals surface area contributed by atoms with Crippen molar-refractivity contribution in [1.82, 2.24) is 9.88 Å². The summed E-state index contributed by atoms with van der Waals surface area (Å²) in [6, 6.07) is 14.0. The summed E-state index contributed by atoms with van der Waals surface area (Å²) in [6.45, 7) is 5.34. The molecule has 0 saturated carbocycles. The molecule has 32 heavy (non-hydrogen) atoms. The van der Waals surface area contributed by atoms with Crippen LogP contribution in [0.15, 0.2) is 60.3 Å². The minimum absolute atomic E-state index is 0.157. The lowest BCUT2D eigenvalue weighted by atomic mass is 9.97. The summed E-state index contributed by atoms with van der Waals surface area (Å²) in [5.74, 6) is 1.83. The van der Waals surface area contributed by atoms with Gasteiger partial charge in [0.25, 0.3) is 0 Å². The van der Waals surface area contributed by atoms with Crippen LogP contribution in [-0.4, -0.2) is 62.2 Å². The molecule has 4 rings (SSSR count). The van der Waals surface area contributed by atoms with Gasteiger partial charge in [-0.3, -0.25) is 14.6 Å². The van der Waals surface area contributed by atoms with E-state index in [1.807, 2.05) is 35.2 Å². The molecule has 1 aromatic carbocycles. The van der Waals surface area contributed by atoms with Crippen LogP contribution in [0.25, 0.3) is 0 Å². The van der Waals surface area contributed by atoms with Crippen LogP contribution in [0, 0.1) is 0 Å². The maximum atomic E-state index is 13.2. The molecule has 1 aliphatic carbocycles. The Bertz CT molecular complexity index is 907. The van der Waals surface area contributed by atoms with Crippen molar-refractivity contribution in [2.45, 2.75) is 32.1 Å². The summed E-state index contributed by atoms with van der Waals surface area (Å²) in [6.07, 6.45) is 9.12. The van der Waals surface area contributed by atoms with Crippen molar-refractivity contribution in [3.63, 3.8) is 0 Å². The van der Waals surface area contributed by atoms with Crippen molar-refractivity contribution in [3.05, 3.63) is 60.3 Å². The first-order chi connectivity index (χ1) is 15.7. The van der Waals surface area contributed by atoms with Crippen LogP contribution in [0.4, 0.5) is 11.5 Å². The smallest absolute Gasteiger partial charge is 0.232 e. The largest absolute Gasteiger partial charge is 0.495 e. The number of nitrogens with zero attached hydrogens (tertiary/aromatic N) is 4. The number of piperazine rings is 1. The second kappa shape index (κ2) is 11.1. The molecule has 6 heteroatoms. The van der Waals surface area contributed by atoms with Gasteiger partial charge in [0.15, 0.2) is 0 Å². The second-order valence-corrected chi connectivity index (χ2v) is 8.52. The lowest BCUT2D eigenvalue weighted by molar-refractivity contribution is -0.118. The molecule has 1 aromatic heterocycles. The van der Waals surface area contributed by atoms with Crippen molar-refractivity contribution in [2.75, 3.05) is 56.2 Å². The monoisotopic (exact) mass is 434 g/mol. The van der Waals surface area contributed by atoms with Gasteiger partial charge in [0.1, 0.15) is 11.6 Å². The standard InChI is InChI=1S/C26H34N4O2/c1-32-24-12-6-5-11-23(24)29-18-15-28(16-19-29)17-20-30(25-13-7-8-14-27-25)26(31)21-22-9-3-2-4-10-22/h5-9,11-14H,2-4,10,15-21H2,1H3. The van der Waals surface area contributed by atoms with Gasteiger partial charge in [-0.2, -0.15) is 0 Å². The molecular weight excluding hydrogens is 400 g/mol. The van der Waals surface area contributed by atoms with E-state index in [-0.39, 0.29) is 5.91 Å². The van der Waals surface area contributed by atoms with Crippen LogP contribution in [0.2, 0.25) is 0 Å². The van der Waals surface area contributed by atoms with E-state index in [9.17, 15) is 4.79 Å². The number of para-hydroxylation sites is 2. The van der Waals surface area contributed by atoms with E-state index in [0.29, 0.717) is 13.0 Å². The highest BCUT2D eigenvalue weighted by molar-refractivity contribution is 5.93. The van der Waals surface area contributed by atoms with E-state index in [1.54, 1.807) is 13.3 Å². The predicted molar refractivity (Wildman–Crippen MR) is 129 cm³/mol. The van der Waals surface area contributed by atoms with Gasteiger partial charge in [-0.15, -0.1) is 0 Å². The van der Waals surface area contributed by atoms with Crippen molar-refractivity contribution in [1.29, 1.82) is 0 Å². The third-order valence-electron chi connectivity index (χ3n) is 6.43. The zero-order chi connectivity index (χ0) is 22.2. The van der Waals surface area contributed by atoms with Crippen molar-refractivity contribution < 1.29 is 9.53 Å². The zero-order valence-corrected chi connectivity index (χ0v) is 19.1. The first-order valence-electron chi connectivity index (χ1n) is 11.7. The Balaban J connectivity index is 1.35. The SMILES string of the molecule is COc1ccccc1N1CCN(CCN(C(=O)CC2=CCCCC2)c2ccccn2)CC1. The molecule has 2 aromatic rings. The molecule has 0 bridgehead atoms. The van der Waals surface area contributed by atoms with Crippen molar-refractivity contribution in [2.24, 2.45) is 0 Å². The number of carbonyl (C=O) groups excluding carboxylic acids is 1. The minimum Gasteiger partial charge on any atom is -0.495 e. The highest BCUT2D eigenvalue weighted by Gasteiger charge is 2.23. The number of amides is 1. The Labute approximate surface area is 191 Å². The molecule has 0 spiro atoms. The molecule has 1 aliphatic heterocycles. The van der Waals surface area contributed by atoms with Crippen molar-refractivity contribution >= 4 is 17.4 Å². The van der Waals surface area contributed by atoms with Crippen LogP contribution in [0.5, 0.6) is 5.75 Å². The minimum atomic E-state index is 0.157. The van der Waals surface area contributed by atoms with Crippen LogP contribution >= 0.6 is 0 Å². The number of pyridine rings is 1. The molecule has 6 nitrogen and oxygen atoms in total. The highest BCUT2D eigenvalue weighted by atomic mass is 16.5. The molecule has 1 saturated heterocycles. The van der Waals surface area contributed by atoms with Gasteiger partial charge in [0.05, 0.1) is 12.8 Å². The van der Waals surface area contributed by atoms with Gasteiger partial charge in [-0.05, 0) is 49.9 Å². The summed E-state index contributed by atoms with van der Waals surface area (Å²) in [7, 11) is 1.72. The maximum absolute atomic E-state index is 13.2. The zero-order valence-electron chi connectivity index (χ0n) is 19.1. The number of ether oxygens (including phenoxy) is 1. The molecule has 2 heterocycles. The second-order valence-electron chi connectivity index (χ2n) is 8.52. The number of allylic oxidation sites excluding steroid dienone is 1. The number of carbonyl (C=O) groups is 1. The Morgan fingerprint density at radius 3 is 2.59 bits per heavy atom. The average molecular weight is 435 g/mol. The Morgan fingerprint density at radius 2 is 1.88 bits per heavy atom. The molecule has 1 amide bonds. The number of hydrogen-bond donors (Lipinski definition) is 0. The third-order valence-corrected chi connectivity index (χ3v) is 6.43. The Kier molecular flexibility index (Phi) is 7.77. The van der Waals surface area contributed by atoms with E-state index in [2.05, 4.69) is 33.0 Å². The number of anilines is 2. The highest BCUT2D eigenvalue weighted by Crippen LogP contribution is 2.28. The van der Waals surface area contributed by atoms with Gasteiger partial charge in [0, 0.05) is 51.9 Å². The van der Waals surface area contributed by atoms with Crippen LogP contribution < -0.4 is 14.5 Å². The molecule has 1 fully saturated rings. The molecule has 170 valence electrons. The topological polar surface area (TPSA) is 48.9 Å². The van der Waals surface area contributed by atoms with Gasteiger partial charge < -0.3 is 9.64 Å². The Morgan fingerprint density at radius 1 is 1.06 bits per heavy atom.